The van der Waals surface area contributed by atoms with Gasteiger partial charge in [-0.15, -0.1) is 0 Å². The van der Waals surface area contributed by atoms with E-state index in [-0.39, 0.29) is 17.3 Å². The molecular formula is C12H7F3N2O3. The molecule has 20 heavy (non-hydrogen) atoms. The average Bonchev–Trinajstić information content (AvgIpc) is 2.38. The smallest absolute Gasteiger partial charge is 0.416 e. The summed E-state index contributed by atoms with van der Waals surface area (Å²) in [6.45, 7) is 0. The van der Waals surface area contributed by atoms with Crippen LogP contribution in [0.3, 0.4) is 0 Å². The molecule has 2 aromatic rings. The topological polar surface area (TPSA) is 65.3 Å². The summed E-state index contributed by atoms with van der Waals surface area (Å²) in [6, 6.07) is 6.33. The molecule has 0 spiro atoms. The van der Waals surface area contributed by atoms with Crippen molar-refractivity contribution in [3.05, 3.63) is 58.3 Å². The summed E-state index contributed by atoms with van der Waals surface area (Å²) in [5.74, 6) is -0.253. The van der Waals surface area contributed by atoms with E-state index in [2.05, 4.69) is 4.98 Å². The minimum atomic E-state index is -4.45. The predicted octanol–water partition coefficient (Wildman–Crippen LogP) is 3.80. The lowest BCUT2D eigenvalue weighted by molar-refractivity contribution is -0.386. The van der Waals surface area contributed by atoms with Gasteiger partial charge in [-0.25, -0.2) is 4.98 Å². The Balaban J connectivity index is 2.25. The van der Waals surface area contributed by atoms with Gasteiger partial charge in [0.1, 0.15) is 5.75 Å². The molecule has 0 bridgehead atoms. The number of hydrogen-bond acceptors (Lipinski definition) is 4. The van der Waals surface area contributed by atoms with Crippen LogP contribution >= 0.6 is 0 Å². The number of nitrogens with zero attached hydrogens (tertiary/aromatic N) is 2. The Labute approximate surface area is 110 Å². The molecule has 0 radical (unpaired) electrons. The van der Waals surface area contributed by atoms with Gasteiger partial charge in [0.05, 0.1) is 10.5 Å². The van der Waals surface area contributed by atoms with Gasteiger partial charge >= 0.3 is 11.9 Å². The predicted molar refractivity (Wildman–Crippen MR) is 62.4 cm³/mol. The number of alkyl halides is 3. The summed E-state index contributed by atoms with van der Waals surface area (Å²) >= 11 is 0. The number of nitro groups is 1. The summed E-state index contributed by atoms with van der Waals surface area (Å²) in [6.07, 6.45) is -3.16. The Kier molecular flexibility index (Phi) is 3.55. The SMILES string of the molecule is O=[N+]([O-])c1cccnc1Oc1ccc(C(F)(F)F)cc1. The third kappa shape index (κ3) is 3.02. The van der Waals surface area contributed by atoms with Crippen LogP contribution in [0.2, 0.25) is 0 Å². The van der Waals surface area contributed by atoms with E-state index in [1.54, 1.807) is 0 Å². The van der Waals surface area contributed by atoms with Crippen LogP contribution in [0.25, 0.3) is 0 Å². The molecular weight excluding hydrogens is 277 g/mol. The molecule has 1 heterocycles. The van der Waals surface area contributed by atoms with Crippen molar-refractivity contribution in [3.63, 3.8) is 0 Å². The lowest BCUT2D eigenvalue weighted by atomic mass is 10.2. The first-order valence-electron chi connectivity index (χ1n) is 5.32. The standard InChI is InChI=1S/C12H7F3N2O3/c13-12(14,15)8-3-5-9(6-4-8)20-11-10(17(18)19)2-1-7-16-11/h1-7H. The average molecular weight is 284 g/mol. The fourth-order valence-corrected chi connectivity index (χ4v) is 1.42. The number of aromatic nitrogens is 1. The lowest BCUT2D eigenvalue weighted by Gasteiger charge is -2.08. The molecule has 0 atom stereocenters. The normalized spacial score (nSPS) is 11.2. The van der Waals surface area contributed by atoms with Crippen LogP contribution in [0.5, 0.6) is 11.6 Å². The molecule has 2 rings (SSSR count). The molecule has 0 amide bonds. The van der Waals surface area contributed by atoms with Gasteiger partial charge in [0, 0.05) is 12.3 Å². The Bertz CT molecular complexity index is 627. The minimum Gasteiger partial charge on any atom is -0.434 e. The summed E-state index contributed by atoms with van der Waals surface area (Å²) in [4.78, 5) is 13.7. The number of pyridine rings is 1. The second-order valence-electron chi connectivity index (χ2n) is 3.71. The lowest BCUT2D eigenvalue weighted by Crippen LogP contribution is -2.04. The van der Waals surface area contributed by atoms with Crippen molar-refractivity contribution < 1.29 is 22.8 Å². The van der Waals surface area contributed by atoms with Gasteiger partial charge in [-0.2, -0.15) is 13.2 Å². The molecule has 0 unspecified atom stereocenters. The highest BCUT2D eigenvalue weighted by Gasteiger charge is 2.30. The molecule has 0 aliphatic rings. The van der Waals surface area contributed by atoms with Gasteiger partial charge in [0.25, 0.3) is 5.88 Å². The number of rotatable bonds is 3. The first-order chi connectivity index (χ1) is 9.38. The molecule has 8 heteroatoms. The van der Waals surface area contributed by atoms with Crippen molar-refractivity contribution in [2.24, 2.45) is 0 Å². The first-order valence-corrected chi connectivity index (χ1v) is 5.32. The summed E-state index contributed by atoms with van der Waals surface area (Å²) in [5, 5.41) is 10.7. The monoisotopic (exact) mass is 284 g/mol. The molecule has 0 fully saturated rings. The Morgan fingerprint density at radius 1 is 1.15 bits per heavy atom. The van der Waals surface area contributed by atoms with Crippen molar-refractivity contribution >= 4 is 5.69 Å². The zero-order chi connectivity index (χ0) is 14.8. The highest BCUT2D eigenvalue weighted by Crippen LogP contribution is 2.32. The van der Waals surface area contributed by atoms with Gasteiger partial charge < -0.3 is 4.74 Å². The Hall–Kier alpha value is -2.64. The van der Waals surface area contributed by atoms with Crippen LogP contribution in [0.4, 0.5) is 18.9 Å². The fourth-order valence-electron chi connectivity index (χ4n) is 1.42. The number of hydrogen-bond donors (Lipinski definition) is 0. The van der Waals surface area contributed by atoms with E-state index in [9.17, 15) is 23.3 Å². The van der Waals surface area contributed by atoms with E-state index in [1.807, 2.05) is 0 Å². The molecule has 104 valence electrons. The maximum absolute atomic E-state index is 12.4. The van der Waals surface area contributed by atoms with E-state index >= 15 is 0 Å². The molecule has 1 aromatic heterocycles. The summed E-state index contributed by atoms with van der Waals surface area (Å²) < 4.78 is 42.2. The van der Waals surface area contributed by atoms with Crippen LogP contribution in [-0.4, -0.2) is 9.91 Å². The van der Waals surface area contributed by atoms with E-state index in [0.29, 0.717) is 0 Å². The van der Waals surface area contributed by atoms with E-state index in [0.717, 1.165) is 24.3 Å². The van der Waals surface area contributed by atoms with Crippen molar-refractivity contribution in [1.82, 2.24) is 4.98 Å². The number of benzene rings is 1. The highest BCUT2D eigenvalue weighted by atomic mass is 19.4. The molecule has 0 aliphatic heterocycles. The van der Waals surface area contributed by atoms with E-state index in [4.69, 9.17) is 4.74 Å². The van der Waals surface area contributed by atoms with Gasteiger partial charge in [0.2, 0.25) is 0 Å². The Morgan fingerprint density at radius 3 is 2.35 bits per heavy atom. The molecule has 0 saturated heterocycles. The molecule has 0 aliphatic carbocycles. The molecule has 0 N–H and O–H groups in total. The third-order valence-corrected chi connectivity index (χ3v) is 2.34. The van der Waals surface area contributed by atoms with Gasteiger partial charge in [-0.1, -0.05) is 0 Å². The number of halogens is 3. The largest absolute Gasteiger partial charge is 0.434 e. The van der Waals surface area contributed by atoms with E-state index < -0.39 is 16.7 Å². The van der Waals surface area contributed by atoms with Crippen molar-refractivity contribution in [2.45, 2.75) is 6.18 Å². The van der Waals surface area contributed by atoms with Crippen molar-refractivity contribution in [2.75, 3.05) is 0 Å². The van der Waals surface area contributed by atoms with Gasteiger partial charge in [-0.05, 0) is 30.3 Å². The summed E-state index contributed by atoms with van der Waals surface area (Å²) in [7, 11) is 0. The van der Waals surface area contributed by atoms with Crippen LogP contribution in [0.15, 0.2) is 42.6 Å². The van der Waals surface area contributed by atoms with Gasteiger partial charge in [-0.3, -0.25) is 10.1 Å². The highest BCUT2D eigenvalue weighted by molar-refractivity contribution is 5.43. The second-order valence-corrected chi connectivity index (χ2v) is 3.71. The molecule has 0 saturated carbocycles. The minimum absolute atomic E-state index is 0.0276. The van der Waals surface area contributed by atoms with Crippen LogP contribution < -0.4 is 4.74 Å². The first kappa shape index (κ1) is 13.8. The van der Waals surface area contributed by atoms with Crippen molar-refractivity contribution in [1.29, 1.82) is 0 Å². The van der Waals surface area contributed by atoms with Gasteiger partial charge in [0.15, 0.2) is 0 Å². The number of ether oxygens (including phenoxy) is 1. The second kappa shape index (κ2) is 5.16. The maximum atomic E-state index is 12.4. The van der Waals surface area contributed by atoms with Crippen LogP contribution in [0, 0.1) is 10.1 Å². The van der Waals surface area contributed by atoms with Crippen molar-refractivity contribution in [3.8, 4) is 11.6 Å². The van der Waals surface area contributed by atoms with Crippen LogP contribution in [0.1, 0.15) is 5.56 Å². The third-order valence-electron chi connectivity index (χ3n) is 2.34. The Morgan fingerprint density at radius 2 is 1.80 bits per heavy atom. The van der Waals surface area contributed by atoms with E-state index in [1.165, 1.54) is 18.3 Å². The summed E-state index contributed by atoms with van der Waals surface area (Å²) in [5.41, 5.74) is -1.20. The molecule has 5 nitrogen and oxygen atoms in total. The fraction of sp³-hybridized carbons (Fsp3) is 0.0833. The maximum Gasteiger partial charge on any atom is 0.416 e. The zero-order valence-corrected chi connectivity index (χ0v) is 9.79. The van der Waals surface area contributed by atoms with Crippen LogP contribution in [-0.2, 0) is 6.18 Å². The quantitative estimate of drug-likeness (QED) is 0.635. The zero-order valence-electron chi connectivity index (χ0n) is 9.79. The molecule has 1 aromatic carbocycles.